The fourth-order valence-electron chi connectivity index (χ4n) is 11.5. The van der Waals surface area contributed by atoms with Crippen molar-refractivity contribution in [3.63, 3.8) is 0 Å². The summed E-state index contributed by atoms with van der Waals surface area (Å²) in [7, 11) is 2.63. The van der Waals surface area contributed by atoms with Crippen LogP contribution in [0.15, 0.2) is 60.7 Å². The Morgan fingerprint density at radius 3 is 2.16 bits per heavy atom. The Hall–Kier alpha value is -6.87. The molecule has 412 valence electrons. The van der Waals surface area contributed by atoms with E-state index in [2.05, 4.69) is 66.2 Å². The Bertz CT molecular complexity index is 3080. The molecule has 0 radical (unpaired) electrons. The van der Waals surface area contributed by atoms with Crippen molar-refractivity contribution < 1.29 is 42.9 Å². The summed E-state index contributed by atoms with van der Waals surface area (Å²) in [4.78, 5) is 79.1. The third kappa shape index (κ3) is 12.8. The molecule has 0 saturated heterocycles. The van der Waals surface area contributed by atoms with E-state index in [1.807, 2.05) is 71.9 Å². The van der Waals surface area contributed by atoms with Crippen molar-refractivity contribution in [3.8, 4) is 0 Å². The number of nitrogens with zero attached hydrogens (tertiary/aromatic N) is 2. The van der Waals surface area contributed by atoms with Gasteiger partial charge in [0.25, 0.3) is 0 Å². The van der Waals surface area contributed by atoms with Crippen molar-refractivity contribution in [1.29, 1.82) is 0 Å². The maximum Gasteiger partial charge on any atom is 0.407 e. The van der Waals surface area contributed by atoms with Gasteiger partial charge in [0.2, 0.25) is 6.41 Å². The number of fused-ring (bicyclic) bond motifs is 12. The standard InChI is InChI=1S/C41H44N4O5.C21H36N2O4/c1-10-12-26-23(5)32-20-37-41(7)29(16-15-28(39(47)49-8)38(41)40(48)50-9)36(45-37)18-31-22(4)25(11-2)33(42-31)17-30-24(6)27(14-13-21(3)46)35(43-30)19-34(26)44-32;1-20(2,23-15-24)11-12-27-21(3,4)14-22-19(25)26-13-18-16-9-7-5-6-8-10-17(16)18/h11,15-20,38,42,44H,2,10,12-14H2,1,3-9H3;5-6,15-18H,7-14H2,1-4H3,(H,22,25)(H,23,24)/b;6-5-. The van der Waals surface area contributed by atoms with Crippen LogP contribution in [-0.2, 0) is 50.0 Å². The van der Waals surface area contributed by atoms with Crippen LogP contribution in [0.3, 0.4) is 0 Å². The minimum Gasteiger partial charge on any atom is -0.469 e. The predicted octanol–water partition coefficient (Wildman–Crippen LogP) is 11.5. The van der Waals surface area contributed by atoms with Crippen LogP contribution in [0.5, 0.6) is 0 Å². The number of carbonyl (C=O) groups is 5. The first-order valence-electron chi connectivity index (χ1n) is 27.2. The first kappa shape index (κ1) is 57.8. The molecular formula is C62H80N6O9. The van der Waals surface area contributed by atoms with Crippen LogP contribution in [0.4, 0.5) is 4.79 Å². The third-order valence-corrected chi connectivity index (χ3v) is 16.3. The zero-order valence-corrected chi connectivity index (χ0v) is 47.3. The highest BCUT2D eigenvalue weighted by molar-refractivity contribution is 6.02. The molecule has 3 aliphatic carbocycles. The maximum atomic E-state index is 13.7. The zero-order valence-electron chi connectivity index (χ0n) is 47.3. The van der Waals surface area contributed by atoms with Gasteiger partial charge in [-0.15, -0.1) is 0 Å². The van der Waals surface area contributed by atoms with E-state index in [0.29, 0.717) is 62.7 Å². The first-order chi connectivity index (χ1) is 36.6. The van der Waals surface area contributed by atoms with E-state index in [1.54, 1.807) is 13.0 Å². The Labute approximate surface area is 453 Å². The lowest BCUT2D eigenvalue weighted by Crippen LogP contribution is -2.43. The number of rotatable bonds is 18. The SMILES string of the molecule is C=Cc1c(C)c2cc3nc(cc4[nH]c(cc5nc(cc1[nH]2)C(C)=C5CCC(C)=O)c(CCC)c4C)C1(C)C3=CC=C(C(=O)OC)C1C(=O)OC.CC(C)(CCOC(C)(C)CNC(=O)OCC1C2CC/C=C\CCC21)NC=O. The molecule has 4 unspecified atom stereocenters. The molecule has 1 fully saturated rings. The number of Topliss-reactive ketones (excluding diaryl/α,β-unsaturated/α-hetero) is 1. The summed E-state index contributed by atoms with van der Waals surface area (Å²) in [5.74, 6) is -0.0415. The van der Waals surface area contributed by atoms with Gasteiger partial charge in [-0.1, -0.05) is 50.3 Å². The number of amides is 2. The van der Waals surface area contributed by atoms with E-state index >= 15 is 0 Å². The van der Waals surface area contributed by atoms with Gasteiger partial charge in [-0.05, 0) is 183 Å². The van der Waals surface area contributed by atoms with Gasteiger partial charge in [-0.25, -0.2) is 14.6 Å². The summed E-state index contributed by atoms with van der Waals surface area (Å²) >= 11 is 0. The van der Waals surface area contributed by atoms with Crippen LogP contribution in [0.25, 0.3) is 44.9 Å². The molecular weight excluding hydrogens is 973 g/mol. The number of ketones is 1. The van der Waals surface area contributed by atoms with Crippen molar-refractivity contribution in [2.75, 3.05) is 34.0 Å². The average molecular weight is 1050 g/mol. The first-order valence-corrected chi connectivity index (χ1v) is 27.2. The van der Waals surface area contributed by atoms with Crippen molar-refractivity contribution in [1.82, 2.24) is 30.6 Å². The van der Waals surface area contributed by atoms with Crippen LogP contribution in [-0.4, -0.2) is 95.3 Å². The number of carbonyl (C=O) groups excluding carboxylic acids is 5. The molecule has 1 saturated carbocycles. The molecule has 15 heteroatoms. The number of alkyl carbamates (subject to hydrolysis) is 1. The highest BCUT2D eigenvalue weighted by atomic mass is 16.6. The summed E-state index contributed by atoms with van der Waals surface area (Å²) in [6.45, 7) is 25.2. The lowest BCUT2D eigenvalue weighted by molar-refractivity contribution is -0.149. The van der Waals surface area contributed by atoms with Crippen molar-refractivity contribution in [2.45, 2.75) is 144 Å². The minimum atomic E-state index is -1.06. The van der Waals surface area contributed by atoms with E-state index in [4.69, 9.17) is 28.9 Å². The molecule has 77 heavy (non-hydrogen) atoms. The molecule has 2 aliphatic heterocycles. The van der Waals surface area contributed by atoms with Gasteiger partial charge in [-0.3, -0.25) is 14.6 Å². The van der Waals surface area contributed by atoms with Gasteiger partial charge >= 0.3 is 18.0 Å². The molecule has 3 aromatic rings. The molecule has 0 spiro atoms. The largest absolute Gasteiger partial charge is 0.469 e. The molecule has 4 N–H and O–H groups in total. The van der Waals surface area contributed by atoms with E-state index in [1.165, 1.54) is 27.1 Å². The fraction of sp³-hybridized carbons (Fsp3) is 0.500. The Morgan fingerprint density at radius 2 is 1.52 bits per heavy atom. The van der Waals surface area contributed by atoms with Gasteiger partial charge in [0, 0.05) is 52.7 Å². The minimum absolute atomic E-state index is 0.127. The number of H-pyrrole nitrogens is 2. The van der Waals surface area contributed by atoms with Gasteiger partial charge in [0.15, 0.2) is 0 Å². The molecule has 3 aromatic heterocycles. The number of esters is 2. The summed E-state index contributed by atoms with van der Waals surface area (Å²) in [6, 6.07) is 8.11. The lowest BCUT2D eigenvalue weighted by atomic mass is 9.64. The quantitative estimate of drug-likeness (QED) is 0.0408. The van der Waals surface area contributed by atoms with Gasteiger partial charge in [0.1, 0.15) is 11.7 Å². The van der Waals surface area contributed by atoms with E-state index in [9.17, 15) is 24.0 Å². The van der Waals surface area contributed by atoms with Gasteiger partial charge < -0.3 is 44.3 Å². The molecule has 2 amide bonds. The van der Waals surface area contributed by atoms with E-state index in [0.717, 1.165) is 110 Å². The number of allylic oxidation sites excluding steroid dienone is 7. The monoisotopic (exact) mass is 1050 g/mol. The van der Waals surface area contributed by atoms with Crippen LogP contribution in [0.1, 0.15) is 152 Å². The van der Waals surface area contributed by atoms with Crippen LogP contribution in [0.2, 0.25) is 0 Å². The Balaban J connectivity index is 0.000000269. The second kappa shape index (κ2) is 24.2. The molecule has 15 nitrogen and oxygen atoms in total. The smallest absolute Gasteiger partial charge is 0.407 e. The zero-order chi connectivity index (χ0) is 56.0. The Morgan fingerprint density at radius 1 is 0.857 bits per heavy atom. The van der Waals surface area contributed by atoms with Crippen LogP contribution >= 0.6 is 0 Å². The topological polar surface area (TPSA) is 204 Å². The summed E-state index contributed by atoms with van der Waals surface area (Å²) in [5.41, 5.74) is 11.7. The van der Waals surface area contributed by atoms with Crippen molar-refractivity contribution in [2.24, 2.45) is 23.7 Å². The third-order valence-electron chi connectivity index (χ3n) is 16.3. The summed E-state index contributed by atoms with van der Waals surface area (Å²) in [6.07, 6.45) is 18.4. The summed E-state index contributed by atoms with van der Waals surface area (Å²) < 4.78 is 21.8. The number of aromatic amines is 2. The van der Waals surface area contributed by atoms with Crippen LogP contribution in [0, 0.1) is 37.5 Å². The predicted molar refractivity (Wildman–Crippen MR) is 303 cm³/mol. The fourth-order valence-corrected chi connectivity index (χ4v) is 11.5. The Kier molecular flexibility index (Phi) is 18.2. The number of hydrogen-bond acceptors (Lipinski definition) is 11. The number of hydrogen-bond donors (Lipinski definition) is 4. The highest BCUT2D eigenvalue weighted by Gasteiger charge is 2.54. The molecule has 8 rings (SSSR count). The van der Waals surface area contributed by atoms with Gasteiger partial charge in [0.05, 0.1) is 60.2 Å². The van der Waals surface area contributed by atoms with E-state index < -0.39 is 28.9 Å². The number of methoxy groups -OCH3 is 2. The van der Waals surface area contributed by atoms with Gasteiger partial charge in [-0.2, -0.15) is 0 Å². The second-order valence-corrected chi connectivity index (χ2v) is 22.6. The molecule has 8 bridgehead atoms. The molecule has 5 heterocycles. The number of aryl methyl sites for hydroxylation is 3. The number of aromatic nitrogens is 4. The number of nitrogens with one attached hydrogen (secondary N) is 4. The molecule has 0 aromatic carbocycles. The molecule has 5 aliphatic rings. The van der Waals surface area contributed by atoms with Crippen molar-refractivity contribution >= 4 is 75.1 Å². The second-order valence-electron chi connectivity index (χ2n) is 22.6. The maximum absolute atomic E-state index is 13.7. The van der Waals surface area contributed by atoms with Crippen molar-refractivity contribution in [3.05, 3.63) is 106 Å². The number of ether oxygens (including phenoxy) is 4. The van der Waals surface area contributed by atoms with E-state index in [-0.39, 0.29) is 23.0 Å². The molecule has 4 atom stereocenters. The average Bonchev–Trinajstić information content (AvgIpc) is 3.59. The summed E-state index contributed by atoms with van der Waals surface area (Å²) in [5, 5.41) is 5.58. The lowest BCUT2D eigenvalue weighted by Gasteiger charge is -2.36. The van der Waals surface area contributed by atoms with Crippen LogP contribution < -0.4 is 10.6 Å². The highest BCUT2D eigenvalue weighted by Crippen LogP contribution is 2.54. The normalized spacial score (nSPS) is 21.0.